The molecule has 1 aliphatic heterocycles. The Morgan fingerprint density at radius 3 is 2.86 bits per heavy atom. The molecule has 1 N–H and O–H groups in total. The topological polar surface area (TPSA) is 59.4 Å². The number of benzene rings is 1. The summed E-state index contributed by atoms with van der Waals surface area (Å²) in [6, 6.07) is 9.53. The van der Waals surface area contributed by atoms with Gasteiger partial charge in [0.2, 0.25) is 0 Å². The summed E-state index contributed by atoms with van der Waals surface area (Å²) in [5.41, 5.74) is 2.40. The van der Waals surface area contributed by atoms with E-state index in [1.807, 2.05) is 41.4 Å². The number of carbonyl (C=O) groups is 1. The number of fused-ring (bicyclic) bond motifs is 1. The van der Waals surface area contributed by atoms with Crippen molar-refractivity contribution in [3.05, 3.63) is 53.3 Å². The third kappa shape index (κ3) is 3.70. The van der Waals surface area contributed by atoms with Crippen molar-refractivity contribution in [1.82, 2.24) is 14.5 Å². The zero-order valence-electron chi connectivity index (χ0n) is 15.8. The van der Waals surface area contributed by atoms with Crippen LogP contribution in [-0.2, 0) is 11.3 Å². The van der Waals surface area contributed by atoms with Crippen molar-refractivity contribution < 1.29 is 9.53 Å². The number of amides is 1. The summed E-state index contributed by atoms with van der Waals surface area (Å²) in [6.07, 6.45) is 4.68. The van der Waals surface area contributed by atoms with Crippen LogP contribution in [0.1, 0.15) is 23.7 Å². The number of nitrogens with one attached hydrogen (secondary N) is 1. The van der Waals surface area contributed by atoms with E-state index in [9.17, 15) is 4.79 Å². The highest BCUT2D eigenvalue weighted by molar-refractivity contribution is 6.30. The fourth-order valence-corrected chi connectivity index (χ4v) is 3.74. The number of morpholine rings is 1. The number of pyridine rings is 1. The first kappa shape index (κ1) is 18.8. The molecule has 0 bridgehead atoms. The van der Waals surface area contributed by atoms with Crippen molar-refractivity contribution in [3.63, 3.8) is 0 Å². The van der Waals surface area contributed by atoms with E-state index in [2.05, 4.69) is 21.8 Å². The molecule has 146 valence electrons. The second-order valence-electron chi connectivity index (χ2n) is 6.83. The minimum atomic E-state index is 0.00570. The Kier molecular flexibility index (Phi) is 5.50. The number of aryl methyl sites for hydroxylation is 1. The number of aromatic nitrogens is 2. The summed E-state index contributed by atoms with van der Waals surface area (Å²) >= 11 is 6.10. The Balaban J connectivity index is 1.76. The third-order valence-electron chi connectivity index (χ3n) is 4.88. The van der Waals surface area contributed by atoms with Crippen LogP contribution in [0.2, 0.25) is 5.02 Å². The van der Waals surface area contributed by atoms with Crippen LogP contribution < -0.4 is 5.32 Å². The molecule has 3 aromatic rings. The molecule has 1 aliphatic rings. The molecule has 0 aliphatic carbocycles. The third-order valence-corrected chi connectivity index (χ3v) is 5.11. The predicted molar refractivity (Wildman–Crippen MR) is 111 cm³/mol. The van der Waals surface area contributed by atoms with Gasteiger partial charge in [0.1, 0.15) is 5.82 Å². The number of carbonyl (C=O) groups excluding carboxylic acids is 1. The van der Waals surface area contributed by atoms with Crippen LogP contribution in [0.15, 0.2) is 42.7 Å². The predicted octanol–water partition coefficient (Wildman–Crippen LogP) is 4.32. The first-order valence-electron chi connectivity index (χ1n) is 9.55. The summed E-state index contributed by atoms with van der Waals surface area (Å²) < 4.78 is 7.51. The van der Waals surface area contributed by atoms with Crippen molar-refractivity contribution in [1.29, 1.82) is 0 Å². The highest BCUT2D eigenvalue weighted by Gasteiger charge is 2.23. The van der Waals surface area contributed by atoms with E-state index in [-0.39, 0.29) is 5.91 Å². The van der Waals surface area contributed by atoms with Gasteiger partial charge in [-0.05, 0) is 30.7 Å². The van der Waals surface area contributed by atoms with E-state index in [1.165, 1.54) is 0 Å². The van der Waals surface area contributed by atoms with Crippen LogP contribution in [0.25, 0.3) is 10.9 Å². The first-order chi connectivity index (χ1) is 13.7. The van der Waals surface area contributed by atoms with Gasteiger partial charge in [-0.1, -0.05) is 24.6 Å². The van der Waals surface area contributed by atoms with Gasteiger partial charge in [0.25, 0.3) is 5.91 Å². The maximum atomic E-state index is 13.2. The standard InChI is InChI=1S/C21H23ClN4O2/c1-2-7-25-8-6-17-19(25)18(21(27)26-9-11-28-12-10-26)14-23-20(17)24-16-5-3-4-15(22)13-16/h3-6,8,13-14H,2,7,9-12H2,1H3,(H,23,24). The van der Waals surface area contributed by atoms with E-state index < -0.39 is 0 Å². The molecule has 1 fully saturated rings. The van der Waals surface area contributed by atoms with Crippen molar-refractivity contribution in [2.45, 2.75) is 19.9 Å². The minimum Gasteiger partial charge on any atom is -0.378 e. The Hall–Kier alpha value is -2.57. The summed E-state index contributed by atoms with van der Waals surface area (Å²) in [7, 11) is 0. The second kappa shape index (κ2) is 8.20. The number of hydrogen-bond acceptors (Lipinski definition) is 4. The van der Waals surface area contributed by atoms with Crippen LogP contribution in [0.3, 0.4) is 0 Å². The van der Waals surface area contributed by atoms with Crippen LogP contribution in [-0.4, -0.2) is 46.7 Å². The molecule has 4 rings (SSSR count). The molecule has 1 amide bonds. The smallest absolute Gasteiger partial charge is 0.257 e. The molecular weight excluding hydrogens is 376 g/mol. The van der Waals surface area contributed by atoms with E-state index in [4.69, 9.17) is 16.3 Å². The average Bonchev–Trinajstić information content (AvgIpc) is 3.13. The van der Waals surface area contributed by atoms with Gasteiger partial charge in [-0.3, -0.25) is 4.79 Å². The maximum Gasteiger partial charge on any atom is 0.257 e. The highest BCUT2D eigenvalue weighted by Crippen LogP contribution is 2.30. The summed E-state index contributed by atoms with van der Waals surface area (Å²) in [6.45, 7) is 5.34. The van der Waals surface area contributed by atoms with Crippen LogP contribution >= 0.6 is 11.6 Å². The number of anilines is 2. The maximum absolute atomic E-state index is 13.2. The van der Waals surface area contributed by atoms with Crippen LogP contribution in [0, 0.1) is 0 Å². The number of rotatable bonds is 5. The van der Waals surface area contributed by atoms with Gasteiger partial charge >= 0.3 is 0 Å². The van der Waals surface area contributed by atoms with Gasteiger partial charge in [0.15, 0.2) is 0 Å². The van der Waals surface area contributed by atoms with E-state index in [0.717, 1.165) is 29.6 Å². The zero-order valence-corrected chi connectivity index (χ0v) is 16.6. The number of halogens is 1. The van der Waals surface area contributed by atoms with Gasteiger partial charge in [0, 0.05) is 48.1 Å². The van der Waals surface area contributed by atoms with E-state index in [0.29, 0.717) is 42.7 Å². The fourth-order valence-electron chi connectivity index (χ4n) is 3.55. The van der Waals surface area contributed by atoms with E-state index in [1.54, 1.807) is 6.20 Å². The van der Waals surface area contributed by atoms with Crippen molar-refractivity contribution in [3.8, 4) is 0 Å². The van der Waals surface area contributed by atoms with Crippen molar-refractivity contribution >= 4 is 39.9 Å². The minimum absolute atomic E-state index is 0.00570. The SMILES string of the molecule is CCCn1ccc2c(Nc3cccc(Cl)c3)ncc(C(=O)N3CCOCC3)c21. The average molecular weight is 399 g/mol. The lowest BCUT2D eigenvalue weighted by molar-refractivity contribution is 0.0303. The van der Waals surface area contributed by atoms with Gasteiger partial charge in [-0.2, -0.15) is 0 Å². The quantitative estimate of drug-likeness (QED) is 0.695. The highest BCUT2D eigenvalue weighted by atomic mass is 35.5. The number of hydrogen-bond donors (Lipinski definition) is 1. The molecule has 0 saturated carbocycles. The van der Waals surface area contributed by atoms with Crippen LogP contribution in [0.5, 0.6) is 0 Å². The lowest BCUT2D eigenvalue weighted by atomic mass is 10.1. The molecule has 3 heterocycles. The molecular formula is C21H23ClN4O2. The molecule has 6 nitrogen and oxygen atoms in total. The number of nitrogens with zero attached hydrogens (tertiary/aromatic N) is 3. The molecule has 1 aromatic carbocycles. The fraction of sp³-hybridized carbons (Fsp3) is 0.333. The molecule has 0 radical (unpaired) electrons. The Morgan fingerprint density at radius 2 is 2.11 bits per heavy atom. The largest absolute Gasteiger partial charge is 0.378 e. The molecule has 0 atom stereocenters. The first-order valence-corrected chi connectivity index (χ1v) is 9.92. The van der Waals surface area contributed by atoms with Gasteiger partial charge in [-0.15, -0.1) is 0 Å². The monoisotopic (exact) mass is 398 g/mol. The molecule has 1 saturated heterocycles. The molecule has 7 heteroatoms. The summed E-state index contributed by atoms with van der Waals surface area (Å²) in [5, 5.41) is 4.92. The Labute approximate surface area is 169 Å². The van der Waals surface area contributed by atoms with Gasteiger partial charge in [0.05, 0.1) is 24.3 Å². The van der Waals surface area contributed by atoms with Crippen molar-refractivity contribution in [2.24, 2.45) is 0 Å². The van der Waals surface area contributed by atoms with Crippen molar-refractivity contribution in [2.75, 3.05) is 31.6 Å². The molecule has 0 spiro atoms. The normalized spacial score (nSPS) is 14.4. The summed E-state index contributed by atoms with van der Waals surface area (Å²) in [4.78, 5) is 19.6. The van der Waals surface area contributed by atoms with Gasteiger partial charge < -0.3 is 19.5 Å². The van der Waals surface area contributed by atoms with Crippen LogP contribution in [0.4, 0.5) is 11.5 Å². The number of ether oxygens (including phenoxy) is 1. The Morgan fingerprint density at radius 1 is 1.29 bits per heavy atom. The van der Waals surface area contributed by atoms with E-state index >= 15 is 0 Å². The second-order valence-corrected chi connectivity index (χ2v) is 7.27. The Bertz CT molecular complexity index is 995. The lowest BCUT2D eigenvalue weighted by Crippen LogP contribution is -2.40. The van der Waals surface area contributed by atoms with Gasteiger partial charge in [-0.25, -0.2) is 4.98 Å². The molecule has 0 unspecified atom stereocenters. The molecule has 28 heavy (non-hydrogen) atoms. The lowest BCUT2D eigenvalue weighted by Gasteiger charge is -2.27. The molecule has 2 aromatic heterocycles. The summed E-state index contributed by atoms with van der Waals surface area (Å²) in [5.74, 6) is 0.719. The zero-order chi connectivity index (χ0) is 19.5.